The van der Waals surface area contributed by atoms with Gasteiger partial charge in [-0.05, 0) is 48.4 Å². The van der Waals surface area contributed by atoms with Crippen LogP contribution in [0.5, 0.6) is 0 Å². The number of carbonyl (C=O) groups is 3. The number of aliphatic hydroxyl groups excluding tert-OH is 1. The maximum absolute atomic E-state index is 13.8. The van der Waals surface area contributed by atoms with Crippen molar-refractivity contribution in [2.45, 2.75) is 44.7 Å². The molecular formula is C39H45N3O5. The number of nitrogens with zero attached hydrogens (tertiary/aromatic N) is 1. The van der Waals surface area contributed by atoms with Crippen LogP contribution in [0.4, 0.5) is 0 Å². The Balaban J connectivity index is 1.49. The van der Waals surface area contributed by atoms with Crippen molar-refractivity contribution in [3.8, 4) is 0 Å². The number of benzene rings is 3. The molecule has 3 N–H and O–H groups in total. The number of aliphatic hydroxyl groups is 1. The van der Waals surface area contributed by atoms with Crippen LogP contribution in [-0.4, -0.2) is 58.6 Å². The Morgan fingerprint density at radius 2 is 1.49 bits per heavy atom. The number of hydrogen-bond donors (Lipinski definition) is 3. The van der Waals surface area contributed by atoms with Crippen LogP contribution >= 0.6 is 0 Å². The van der Waals surface area contributed by atoms with E-state index in [0.717, 1.165) is 27.6 Å². The molecule has 1 aromatic heterocycles. The van der Waals surface area contributed by atoms with Gasteiger partial charge in [0, 0.05) is 36.6 Å². The average Bonchev–Trinajstić information content (AvgIpc) is 3.49. The van der Waals surface area contributed by atoms with E-state index in [1.165, 1.54) is 0 Å². The summed E-state index contributed by atoms with van der Waals surface area (Å²) in [5, 5.41) is 13.8. The highest BCUT2D eigenvalue weighted by atomic mass is 16.5. The van der Waals surface area contributed by atoms with Crippen LogP contribution in [0.25, 0.3) is 10.9 Å². The first-order valence-electron chi connectivity index (χ1n) is 16.1. The number of fused-ring (bicyclic) bond motifs is 1. The molecule has 4 rings (SSSR count). The molecule has 246 valence electrons. The molecule has 0 aliphatic heterocycles. The number of hydrogen-bond acceptors (Lipinski definition) is 5. The summed E-state index contributed by atoms with van der Waals surface area (Å²) in [5.41, 5.74) is 3.90. The van der Waals surface area contributed by atoms with E-state index in [1.54, 1.807) is 17.1 Å². The Morgan fingerprint density at radius 3 is 2.17 bits per heavy atom. The first-order chi connectivity index (χ1) is 22.9. The van der Waals surface area contributed by atoms with Crippen molar-refractivity contribution in [2.75, 3.05) is 19.8 Å². The molecule has 8 nitrogen and oxygen atoms in total. The van der Waals surface area contributed by atoms with Crippen LogP contribution in [0.15, 0.2) is 116 Å². The van der Waals surface area contributed by atoms with Gasteiger partial charge < -0.3 is 25.0 Å². The Morgan fingerprint density at radius 1 is 0.851 bits per heavy atom. The van der Waals surface area contributed by atoms with Crippen LogP contribution < -0.4 is 5.32 Å². The zero-order valence-corrected chi connectivity index (χ0v) is 26.9. The number of nitrogens with one attached hydrogen (secondary N) is 2. The lowest BCUT2D eigenvalue weighted by Gasteiger charge is -2.26. The largest absolute Gasteiger partial charge is 0.463 e. The molecule has 3 aromatic carbocycles. The van der Waals surface area contributed by atoms with Gasteiger partial charge in [-0.15, -0.1) is 13.2 Å². The van der Waals surface area contributed by atoms with E-state index in [4.69, 9.17) is 4.74 Å². The maximum Gasteiger partial charge on any atom is 0.309 e. The molecule has 1 heterocycles. The van der Waals surface area contributed by atoms with Crippen molar-refractivity contribution < 1.29 is 24.2 Å². The van der Waals surface area contributed by atoms with Gasteiger partial charge in [-0.25, -0.2) is 0 Å². The minimum absolute atomic E-state index is 0.0358. The molecule has 8 heteroatoms. The number of para-hydroxylation sites is 1. The molecule has 4 aromatic rings. The SMILES string of the molecule is C=CCC(CC(=O)N(CCO)Cc1ccccc1)C(=O)NC(COC(=O)C(CC=C)Cc1ccccc1)Cc1c[nH]c2ccccc12. The van der Waals surface area contributed by atoms with Crippen molar-refractivity contribution >= 4 is 28.7 Å². The minimum atomic E-state index is -0.690. The zero-order valence-electron chi connectivity index (χ0n) is 26.9. The first-order valence-corrected chi connectivity index (χ1v) is 16.1. The molecule has 0 fully saturated rings. The third kappa shape index (κ3) is 10.5. The van der Waals surface area contributed by atoms with E-state index in [0.29, 0.717) is 25.8 Å². The number of esters is 1. The number of amides is 2. The first kappa shape index (κ1) is 34.9. The summed E-state index contributed by atoms with van der Waals surface area (Å²) in [6.45, 7) is 7.90. The summed E-state index contributed by atoms with van der Waals surface area (Å²) >= 11 is 0. The number of H-pyrrole nitrogens is 1. The lowest BCUT2D eigenvalue weighted by molar-refractivity contribution is -0.149. The second-order valence-electron chi connectivity index (χ2n) is 11.8. The maximum atomic E-state index is 13.8. The van der Waals surface area contributed by atoms with Gasteiger partial charge in [0.25, 0.3) is 0 Å². The molecule has 3 atom stereocenters. The normalized spacial score (nSPS) is 12.9. The van der Waals surface area contributed by atoms with Crippen molar-refractivity contribution in [3.05, 3.63) is 133 Å². The van der Waals surface area contributed by atoms with E-state index in [1.807, 2.05) is 91.1 Å². The van der Waals surface area contributed by atoms with Crippen LogP contribution in [0.2, 0.25) is 0 Å². The summed E-state index contributed by atoms with van der Waals surface area (Å²) in [4.78, 5) is 45.4. The predicted octanol–water partition coefficient (Wildman–Crippen LogP) is 5.78. The number of rotatable bonds is 19. The summed E-state index contributed by atoms with van der Waals surface area (Å²) in [6.07, 6.45) is 6.87. The summed E-state index contributed by atoms with van der Waals surface area (Å²) in [7, 11) is 0. The molecule has 0 aliphatic carbocycles. The van der Waals surface area contributed by atoms with E-state index in [-0.39, 0.29) is 50.4 Å². The number of allylic oxidation sites excluding steroid dienone is 2. The molecule has 0 bridgehead atoms. The number of ether oxygens (including phenoxy) is 1. The second-order valence-corrected chi connectivity index (χ2v) is 11.8. The standard InChI is InChI=1S/C39H45N3O5/c1-3-13-31(25-37(44)42(21-22-43)27-30-17-9-6-10-18-30)38(45)41-34(24-33-26-40-36-20-12-11-19-35(33)36)28-47-39(46)32(14-4-2)23-29-15-7-5-8-16-29/h3-12,15-20,26,31-32,34,40,43H,1-2,13-14,21-25,27-28H2,(H,41,45). The van der Waals surface area contributed by atoms with Gasteiger partial charge in [0.2, 0.25) is 11.8 Å². The van der Waals surface area contributed by atoms with E-state index < -0.39 is 17.9 Å². The van der Waals surface area contributed by atoms with Crippen LogP contribution in [0.3, 0.4) is 0 Å². The highest BCUT2D eigenvalue weighted by Crippen LogP contribution is 2.21. The van der Waals surface area contributed by atoms with Crippen molar-refractivity contribution in [2.24, 2.45) is 11.8 Å². The fourth-order valence-corrected chi connectivity index (χ4v) is 5.74. The highest BCUT2D eigenvalue weighted by Gasteiger charge is 2.28. The minimum Gasteiger partial charge on any atom is -0.463 e. The van der Waals surface area contributed by atoms with E-state index in [2.05, 4.69) is 23.5 Å². The molecular weight excluding hydrogens is 590 g/mol. The molecule has 0 spiro atoms. The fraction of sp³-hybridized carbons (Fsp3) is 0.308. The number of aromatic amines is 1. The predicted molar refractivity (Wildman–Crippen MR) is 185 cm³/mol. The van der Waals surface area contributed by atoms with Gasteiger partial charge in [-0.1, -0.05) is 91.0 Å². The third-order valence-electron chi connectivity index (χ3n) is 8.21. The zero-order chi connectivity index (χ0) is 33.4. The quantitative estimate of drug-likeness (QED) is 0.0894. The van der Waals surface area contributed by atoms with Crippen molar-refractivity contribution in [3.63, 3.8) is 0 Å². The Labute approximate surface area is 277 Å². The Kier molecular flexibility index (Phi) is 13.6. The fourth-order valence-electron chi connectivity index (χ4n) is 5.74. The summed E-state index contributed by atoms with van der Waals surface area (Å²) in [5.74, 6) is -2.02. The van der Waals surface area contributed by atoms with Gasteiger partial charge >= 0.3 is 5.97 Å². The van der Waals surface area contributed by atoms with Crippen LogP contribution in [0.1, 0.15) is 36.0 Å². The second kappa shape index (κ2) is 18.3. The lowest BCUT2D eigenvalue weighted by Crippen LogP contribution is -2.45. The molecule has 3 unspecified atom stereocenters. The Hall–Kier alpha value is -4.95. The molecule has 47 heavy (non-hydrogen) atoms. The summed E-state index contributed by atoms with van der Waals surface area (Å²) < 4.78 is 5.88. The van der Waals surface area contributed by atoms with Crippen LogP contribution in [0, 0.1) is 11.8 Å². The molecule has 2 amide bonds. The van der Waals surface area contributed by atoms with E-state index in [9.17, 15) is 19.5 Å². The molecule has 0 aliphatic rings. The molecule has 0 saturated carbocycles. The van der Waals surface area contributed by atoms with Gasteiger partial charge in [-0.2, -0.15) is 0 Å². The average molecular weight is 636 g/mol. The van der Waals surface area contributed by atoms with Gasteiger partial charge in [0.15, 0.2) is 0 Å². The topological polar surface area (TPSA) is 112 Å². The van der Waals surface area contributed by atoms with Gasteiger partial charge in [0.1, 0.15) is 6.61 Å². The van der Waals surface area contributed by atoms with Gasteiger partial charge in [-0.3, -0.25) is 14.4 Å². The number of aromatic nitrogens is 1. The van der Waals surface area contributed by atoms with Crippen LogP contribution in [-0.2, 0) is 38.5 Å². The molecule has 0 radical (unpaired) electrons. The van der Waals surface area contributed by atoms with Gasteiger partial charge in [0.05, 0.1) is 24.5 Å². The third-order valence-corrected chi connectivity index (χ3v) is 8.21. The Bertz CT molecular complexity index is 1600. The molecule has 0 saturated heterocycles. The smallest absolute Gasteiger partial charge is 0.309 e. The summed E-state index contributed by atoms with van der Waals surface area (Å²) in [6, 6.07) is 26.6. The van der Waals surface area contributed by atoms with Crippen molar-refractivity contribution in [1.29, 1.82) is 0 Å². The van der Waals surface area contributed by atoms with E-state index >= 15 is 0 Å². The lowest BCUT2D eigenvalue weighted by atomic mass is 9.96. The number of carbonyl (C=O) groups excluding carboxylic acids is 3. The monoisotopic (exact) mass is 635 g/mol. The van der Waals surface area contributed by atoms with Crippen molar-refractivity contribution in [1.82, 2.24) is 15.2 Å². The highest BCUT2D eigenvalue weighted by molar-refractivity contribution is 5.86.